The van der Waals surface area contributed by atoms with Crippen molar-refractivity contribution in [1.82, 2.24) is 9.38 Å². The molecule has 0 aliphatic carbocycles. The second-order valence-electron chi connectivity index (χ2n) is 7.10. The molecular formula is C24H20FN3O4. The first-order valence-electron chi connectivity index (χ1n) is 9.87. The van der Waals surface area contributed by atoms with Crippen molar-refractivity contribution in [2.75, 3.05) is 11.9 Å². The number of rotatable bonds is 7. The Morgan fingerprint density at radius 3 is 2.75 bits per heavy atom. The molecule has 0 spiro atoms. The fourth-order valence-electron chi connectivity index (χ4n) is 3.05. The molecule has 162 valence electrons. The Hall–Kier alpha value is -4.20. The summed E-state index contributed by atoms with van der Waals surface area (Å²) in [5.74, 6) is -0.476. The number of carbonyl (C=O) groups excluding carboxylic acids is 1. The van der Waals surface area contributed by atoms with E-state index >= 15 is 0 Å². The van der Waals surface area contributed by atoms with Gasteiger partial charge in [0.05, 0.1) is 5.69 Å². The molecule has 0 saturated heterocycles. The third kappa shape index (κ3) is 5.10. The molecular weight excluding hydrogens is 413 g/mol. The molecule has 0 atom stereocenters. The molecule has 32 heavy (non-hydrogen) atoms. The first kappa shape index (κ1) is 21.0. The largest absolute Gasteiger partial charge is 0.487 e. The van der Waals surface area contributed by atoms with Crippen LogP contribution in [0.5, 0.6) is 11.5 Å². The molecule has 0 bridgehead atoms. The minimum atomic E-state index is -0.534. The number of hydrogen-bond donors (Lipinski definition) is 1. The van der Waals surface area contributed by atoms with Gasteiger partial charge in [0.15, 0.2) is 18.2 Å². The third-order valence-electron chi connectivity index (χ3n) is 4.58. The Morgan fingerprint density at radius 1 is 1.06 bits per heavy atom. The fraction of sp³-hybridized carbons (Fsp3) is 0.125. The molecule has 0 unspecified atom stereocenters. The summed E-state index contributed by atoms with van der Waals surface area (Å²) >= 11 is 0. The van der Waals surface area contributed by atoms with E-state index in [1.54, 1.807) is 42.6 Å². The highest BCUT2D eigenvalue weighted by Crippen LogP contribution is 2.19. The number of fused-ring (bicyclic) bond motifs is 1. The van der Waals surface area contributed by atoms with Gasteiger partial charge in [-0.2, -0.15) is 0 Å². The van der Waals surface area contributed by atoms with E-state index in [9.17, 15) is 14.0 Å². The number of halogens is 1. The van der Waals surface area contributed by atoms with Crippen LogP contribution >= 0.6 is 0 Å². The second kappa shape index (κ2) is 9.30. The van der Waals surface area contributed by atoms with Crippen molar-refractivity contribution in [2.45, 2.75) is 13.5 Å². The number of ether oxygens (including phenoxy) is 2. The Labute approximate surface area is 183 Å². The second-order valence-corrected chi connectivity index (χ2v) is 7.10. The van der Waals surface area contributed by atoms with E-state index in [0.717, 1.165) is 5.56 Å². The van der Waals surface area contributed by atoms with Crippen LogP contribution in [-0.4, -0.2) is 21.9 Å². The monoisotopic (exact) mass is 433 g/mol. The highest BCUT2D eigenvalue weighted by molar-refractivity contribution is 5.92. The van der Waals surface area contributed by atoms with Gasteiger partial charge >= 0.3 is 0 Å². The van der Waals surface area contributed by atoms with Crippen LogP contribution in [0.3, 0.4) is 0 Å². The van der Waals surface area contributed by atoms with Gasteiger partial charge in [0, 0.05) is 24.0 Å². The molecule has 4 rings (SSSR count). The third-order valence-corrected chi connectivity index (χ3v) is 4.58. The molecule has 7 nitrogen and oxygen atoms in total. The summed E-state index contributed by atoms with van der Waals surface area (Å²) in [5.41, 5.74) is 2.34. The lowest BCUT2D eigenvalue weighted by atomic mass is 10.3. The van der Waals surface area contributed by atoms with Crippen LogP contribution in [0.15, 0.2) is 77.7 Å². The molecule has 1 N–H and O–H groups in total. The van der Waals surface area contributed by atoms with Crippen LogP contribution < -0.4 is 20.3 Å². The summed E-state index contributed by atoms with van der Waals surface area (Å²) in [6, 6.07) is 17.7. The quantitative estimate of drug-likeness (QED) is 0.480. The lowest BCUT2D eigenvalue weighted by Gasteiger charge is -2.10. The maximum Gasteiger partial charge on any atom is 0.262 e. The van der Waals surface area contributed by atoms with Crippen LogP contribution in [0.25, 0.3) is 5.65 Å². The first-order valence-corrected chi connectivity index (χ1v) is 9.87. The fourth-order valence-corrected chi connectivity index (χ4v) is 3.05. The number of para-hydroxylation sites is 1. The van der Waals surface area contributed by atoms with Gasteiger partial charge in [-0.15, -0.1) is 0 Å². The molecule has 2 aromatic heterocycles. The molecule has 0 fully saturated rings. The van der Waals surface area contributed by atoms with Crippen molar-refractivity contribution in [1.29, 1.82) is 0 Å². The maximum atomic E-state index is 13.6. The van der Waals surface area contributed by atoms with Gasteiger partial charge in [-0.3, -0.25) is 14.0 Å². The van der Waals surface area contributed by atoms with Crippen molar-refractivity contribution >= 4 is 17.2 Å². The number of anilines is 1. The number of aryl methyl sites for hydroxylation is 1. The van der Waals surface area contributed by atoms with Crippen LogP contribution in [0, 0.1) is 12.7 Å². The van der Waals surface area contributed by atoms with Crippen molar-refractivity contribution in [3.63, 3.8) is 0 Å². The van der Waals surface area contributed by atoms with Crippen LogP contribution in [0.1, 0.15) is 11.3 Å². The van der Waals surface area contributed by atoms with Crippen molar-refractivity contribution in [3.8, 4) is 11.5 Å². The predicted molar refractivity (Wildman–Crippen MR) is 117 cm³/mol. The van der Waals surface area contributed by atoms with E-state index in [1.807, 2.05) is 19.1 Å². The molecule has 8 heteroatoms. The van der Waals surface area contributed by atoms with E-state index in [-0.39, 0.29) is 24.5 Å². The number of carbonyl (C=O) groups is 1. The van der Waals surface area contributed by atoms with Gasteiger partial charge in [-0.05, 0) is 48.9 Å². The van der Waals surface area contributed by atoms with Gasteiger partial charge in [-0.25, -0.2) is 9.37 Å². The predicted octanol–water partition coefficient (Wildman–Crippen LogP) is 3.74. The zero-order valence-electron chi connectivity index (χ0n) is 17.2. The molecule has 0 aliphatic heterocycles. The average molecular weight is 433 g/mol. The molecule has 2 heterocycles. The number of nitrogens with zero attached hydrogens (tertiary/aromatic N) is 2. The Morgan fingerprint density at radius 2 is 1.91 bits per heavy atom. The van der Waals surface area contributed by atoms with Gasteiger partial charge in [0.1, 0.15) is 18.0 Å². The van der Waals surface area contributed by atoms with E-state index in [4.69, 9.17) is 9.47 Å². The summed E-state index contributed by atoms with van der Waals surface area (Å²) in [6.07, 6.45) is 1.69. The van der Waals surface area contributed by atoms with Gasteiger partial charge < -0.3 is 14.8 Å². The minimum absolute atomic E-state index is 0.00807. The number of amides is 1. The molecule has 0 aliphatic rings. The van der Waals surface area contributed by atoms with Crippen LogP contribution in [0.2, 0.25) is 0 Å². The Kier molecular flexibility index (Phi) is 6.12. The van der Waals surface area contributed by atoms with E-state index < -0.39 is 11.7 Å². The zero-order chi connectivity index (χ0) is 22.5. The SMILES string of the molecule is Cc1ccn2c(=O)cc(COc3cccc(NC(=O)COc4ccccc4F)c3)nc2c1. The Balaban J connectivity index is 1.38. The van der Waals surface area contributed by atoms with E-state index in [2.05, 4.69) is 10.3 Å². The zero-order valence-corrected chi connectivity index (χ0v) is 17.2. The molecule has 0 radical (unpaired) electrons. The lowest BCUT2D eigenvalue weighted by molar-refractivity contribution is -0.118. The molecule has 4 aromatic rings. The normalized spacial score (nSPS) is 10.7. The number of hydrogen-bond acceptors (Lipinski definition) is 5. The van der Waals surface area contributed by atoms with E-state index in [0.29, 0.717) is 22.8 Å². The van der Waals surface area contributed by atoms with Gasteiger partial charge in [-0.1, -0.05) is 18.2 Å². The number of aromatic nitrogens is 2. The standard InChI is InChI=1S/C24H20FN3O4/c1-16-9-10-28-22(11-16)26-18(13-24(28)30)14-31-19-6-4-5-17(12-19)27-23(29)15-32-21-8-3-2-7-20(21)25/h2-13H,14-15H2,1H3,(H,27,29). The molecule has 2 aromatic carbocycles. The highest BCUT2D eigenvalue weighted by Gasteiger charge is 2.08. The summed E-state index contributed by atoms with van der Waals surface area (Å²) < 4.78 is 26.0. The Bertz CT molecular complexity index is 1340. The summed E-state index contributed by atoms with van der Waals surface area (Å²) in [5, 5.41) is 2.67. The number of nitrogens with one attached hydrogen (secondary N) is 1. The van der Waals surface area contributed by atoms with Crippen LogP contribution in [0.4, 0.5) is 10.1 Å². The first-order chi connectivity index (χ1) is 15.5. The van der Waals surface area contributed by atoms with Gasteiger partial charge in [0.2, 0.25) is 0 Å². The average Bonchev–Trinajstić information content (AvgIpc) is 2.77. The topological polar surface area (TPSA) is 81.9 Å². The highest BCUT2D eigenvalue weighted by atomic mass is 19.1. The lowest BCUT2D eigenvalue weighted by Crippen LogP contribution is -2.20. The van der Waals surface area contributed by atoms with Gasteiger partial charge in [0.25, 0.3) is 11.5 Å². The molecule has 1 amide bonds. The maximum absolute atomic E-state index is 13.6. The summed E-state index contributed by atoms with van der Waals surface area (Å²) in [6.45, 7) is 1.68. The van der Waals surface area contributed by atoms with Crippen LogP contribution in [-0.2, 0) is 11.4 Å². The number of pyridine rings is 1. The smallest absolute Gasteiger partial charge is 0.262 e. The van der Waals surface area contributed by atoms with Crippen molar-refractivity contribution in [2.24, 2.45) is 0 Å². The number of benzene rings is 2. The molecule has 0 saturated carbocycles. The van der Waals surface area contributed by atoms with E-state index in [1.165, 1.54) is 22.6 Å². The summed E-state index contributed by atoms with van der Waals surface area (Å²) in [7, 11) is 0. The van der Waals surface area contributed by atoms with Crippen molar-refractivity contribution < 1.29 is 18.7 Å². The summed E-state index contributed by atoms with van der Waals surface area (Å²) in [4.78, 5) is 28.9. The minimum Gasteiger partial charge on any atom is -0.487 e. The van der Waals surface area contributed by atoms with Crippen molar-refractivity contribution in [3.05, 3.63) is 100 Å².